The second kappa shape index (κ2) is 8.79. The lowest BCUT2D eigenvalue weighted by atomic mass is 10.2. The highest BCUT2D eigenvalue weighted by atomic mass is 32.2. The summed E-state index contributed by atoms with van der Waals surface area (Å²) in [5.41, 5.74) is 2.54. The molecule has 0 saturated carbocycles. The van der Waals surface area contributed by atoms with Crippen LogP contribution in [0.3, 0.4) is 0 Å². The highest BCUT2D eigenvalue weighted by molar-refractivity contribution is 7.92. The van der Waals surface area contributed by atoms with Gasteiger partial charge in [0.1, 0.15) is 5.75 Å². The van der Waals surface area contributed by atoms with E-state index in [0.29, 0.717) is 29.3 Å². The van der Waals surface area contributed by atoms with Gasteiger partial charge in [0.25, 0.3) is 15.9 Å². The van der Waals surface area contributed by atoms with Crippen molar-refractivity contribution in [2.24, 2.45) is 0 Å². The van der Waals surface area contributed by atoms with E-state index >= 15 is 0 Å². The minimum absolute atomic E-state index is 0.127. The summed E-state index contributed by atoms with van der Waals surface area (Å²) in [6.07, 6.45) is 0. The maximum Gasteiger partial charge on any atom is 0.261 e. The number of sulfonamides is 1. The van der Waals surface area contributed by atoms with E-state index in [1.807, 2.05) is 38.1 Å². The van der Waals surface area contributed by atoms with Gasteiger partial charge in [0.2, 0.25) is 0 Å². The summed E-state index contributed by atoms with van der Waals surface area (Å²) in [6.45, 7) is 4.31. The lowest BCUT2D eigenvalue weighted by Gasteiger charge is -2.10. The van der Waals surface area contributed by atoms with Gasteiger partial charge in [-0.1, -0.05) is 12.1 Å². The summed E-state index contributed by atoms with van der Waals surface area (Å²) in [5, 5.41) is 2.82. The second-order valence-corrected chi connectivity index (χ2v) is 8.09. The van der Waals surface area contributed by atoms with Crippen molar-refractivity contribution in [2.75, 3.05) is 16.6 Å². The third-order valence-corrected chi connectivity index (χ3v) is 5.52. The van der Waals surface area contributed by atoms with Crippen LogP contribution >= 0.6 is 0 Å². The van der Waals surface area contributed by atoms with Gasteiger partial charge in [-0.25, -0.2) is 8.42 Å². The number of ether oxygens (including phenoxy) is 1. The number of rotatable bonds is 7. The topological polar surface area (TPSA) is 84.5 Å². The molecule has 0 aliphatic rings. The number of carbonyl (C=O) groups is 1. The third-order valence-electron chi connectivity index (χ3n) is 4.12. The molecule has 3 aromatic rings. The van der Waals surface area contributed by atoms with Gasteiger partial charge in [0.05, 0.1) is 11.5 Å². The number of aryl methyl sites for hydroxylation is 1. The van der Waals surface area contributed by atoms with Crippen LogP contribution in [0.5, 0.6) is 5.75 Å². The fraction of sp³-hybridized carbons (Fsp3) is 0.136. The lowest BCUT2D eigenvalue weighted by molar-refractivity contribution is 0.102. The Bertz CT molecular complexity index is 1090. The monoisotopic (exact) mass is 410 g/mol. The molecule has 2 N–H and O–H groups in total. The predicted molar refractivity (Wildman–Crippen MR) is 114 cm³/mol. The molecule has 3 aromatic carbocycles. The van der Waals surface area contributed by atoms with Gasteiger partial charge in [-0.15, -0.1) is 0 Å². The third kappa shape index (κ3) is 5.36. The van der Waals surface area contributed by atoms with Gasteiger partial charge in [0, 0.05) is 16.9 Å². The van der Waals surface area contributed by atoms with Crippen LogP contribution in [-0.2, 0) is 10.0 Å². The maximum absolute atomic E-state index is 12.5. The average molecular weight is 410 g/mol. The Labute approximate surface area is 170 Å². The second-order valence-electron chi connectivity index (χ2n) is 6.41. The van der Waals surface area contributed by atoms with E-state index in [4.69, 9.17) is 4.74 Å². The highest BCUT2D eigenvalue weighted by Gasteiger charge is 2.15. The lowest BCUT2D eigenvalue weighted by Crippen LogP contribution is -2.14. The Hall–Kier alpha value is -3.32. The van der Waals surface area contributed by atoms with Crippen molar-refractivity contribution in [3.63, 3.8) is 0 Å². The van der Waals surface area contributed by atoms with Gasteiger partial charge in [-0.2, -0.15) is 0 Å². The van der Waals surface area contributed by atoms with E-state index in [-0.39, 0.29) is 10.8 Å². The quantitative estimate of drug-likeness (QED) is 0.603. The molecule has 0 aliphatic carbocycles. The summed E-state index contributed by atoms with van der Waals surface area (Å²) < 4.78 is 32.9. The number of amides is 1. The van der Waals surface area contributed by atoms with Gasteiger partial charge >= 0.3 is 0 Å². The van der Waals surface area contributed by atoms with Crippen LogP contribution in [0.25, 0.3) is 0 Å². The molecule has 0 saturated heterocycles. The highest BCUT2D eigenvalue weighted by Crippen LogP contribution is 2.20. The summed E-state index contributed by atoms with van der Waals surface area (Å²) in [7, 11) is -3.74. The number of carbonyl (C=O) groups excluding carboxylic acids is 1. The Morgan fingerprint density at radius 3 is 2.24 bits per heavy atom. The van der Waals surface area contributed by atoms with Gasteiger partial charge in [-0.05, 0) is 80.1 Å². The number of benzene rings is 3. The normalized spacial score (nSPS) is 11.0. The zero-order valence-electron chi connectivity index (χ0n) is 16.2. The molecule has 7 heteroatoms. The predicted octanol–water partition coefficient (Wildman–Crippen LogP) is 4.45. The van der Waals surface area contributed by atoms with E-state index < -0.39 is 10.0 Å². The van der Waals surface area contributed by atoms with Crippen molar-refractivity contribution >= 4 is 27.3 Å². The Balaban J connectivity index is 1.68. The molecule has 1 amide bonds. The number of anilines is 2. The zero-order chi connectivity index (χ0) is 20.9. The van der Waals surface area contributed by atoms with Gasteiger partial charge in [0.15, 0.2) is 0 Å². The number of nitrogens with one attached hydrogen (secondary N) is 2. The summed E-state index contributed by atoms with van der Waals surface area (Å²) >= 11 is 0. The minimum atomic E-state index is -3.74. The van der Waals surface area contributed by atoms with Crippen LogP contribution in [0.4, 0.5) is 11.4 Å². The standard InChI is InChI=1S/C22H22N2O4S/c1-3-28-20-11-13-21(14-12-20)29(26,27)24-18-9-7-17(8-10-18)22(25)23-19-6-4-5-16(2)15-19/h4-15,24H,3H2,1-2H3,(H,23,25). The molecular formula is C22H22N2O4S. The molecule has 3 rings (SSSR count). The van der Waals surface area contributed by atoms with Crippen LogP contribution in [0.15, 0.2) is 77.7 Å². The molecule has 0 aromatic heterocycles. The van der Waals surface area contributed by atoms with Crippen LogP contribution in [0, 0.1) is 6.92 Å². The first-order valence-electron chi connectivity index (χ1n) is 9.11. The van der Waals surface area contributed by atoms with Crippen molar-refractivity contribution < 1.29 is 17.9 Å². The molecule has 0 bridgehead atoms. The first kappa shape index (κ1) is 20.4. The van der Waals surface area contributed by atoms with E-state index in [9.17, 15) is 13.2 Å². The van der Waals surface area contributed by atoms with Crippen LogP contribution in [-0.4, -0.2) is 20.9 Å². The molecule has 6 nitrogen and oxygen atoms in total. The van der Waals surface area contributed by atoms with Crippen LogP contribution < -0.4 is 14.8 Å². The van der Waals surface area contributed by atoms with Crippen LogP contribution in [0.1, 0.15) is 22.8 Å². The van der Waals surface area contributed by atoms with Crippen LogP contribution in [0.2, 0.25) is 0 Å². The Kier molecular flexibility index (Phi) is 6.19. The average Bonchev–Trinajstić information content (AvgIpc) is 2.69. The molecule has 0 heterocycles. The molecule has 150 valence electrons. The summed E-state index contributed by atoms with van der Waals surface area (Å²) in [6, 6.07) is 19.9. The SMILES string of the molecule is CCOc1ccc(S(=O)(=O)Nc2ccc(C(=O)Nc3cccc(C)c3)cc2)cc1. The first-order chi connectivity index (χ1) is 13.9. The van der Waals surface area contributed by atoms with E-state index in [1.54, 1.807) is 36.4 Å². The summed E-state index contributed by atoms with van der Waals surface area (Å²) in [5.74, 6) is 0.340. The van der Waals surface area contributed by atoms with Crippen molar-refractivity contribution in [1.82, 2.24) is 0 Å². The Morgan fingerprint density at radius 1 is 0.931 bits per heavy atom. The first-order valence-corrected chi connectivity index (χ1v) is 10.6. The molecule has 0 spiro atoms. The van der Waals surface area contributed by atoms with E-state index in [1.165, 1.54) is 12.1 Å². The summed E-state index contributed by atoms with van der Waals surface area (Å²) in [4.78, 5) is 12.5. The molecule has 29 heavy (non-hydrogen) atoms. The molecule has 0 aliphatic heterocycles. The molecule has 0 atom stereocenters. The number of hydrogen-bond acceptors (Lipinski definition) is 4. The molecule has 0 fully saturated rings. The van der Waals surface area contributed by atoms with Gasteiger partial charge < -0.3 is 10.1 Å². The molecule has 0 unspecified atom stereocenters. The van der Waals surface area contributed by atoms with E-state index in [2.05, 4.69) is 10.0 Å². The maximum atomic E-state index is 12.5. The molecular weight excluding hydrogens is 388 g/mol. The van der Waals surface area contributed by atoms with Gasteiger partial charge in [-0.3, -0.25) is 9.52 Å². The Morgan fingerprint density at radius 2 is 1.62 bits per heavy atom. The largest absolute Gasteiger partial charge is 0.494 e. The van der Waals surface area contributed by atoms with E-state index in [0.717, 1.165) is 5.56 Å². The minimum Gasteiger partial charge on any atom is -0.494 e. The molecule has 0 radical (unpaired) electrons. The fourth-order valence-electron chi connectivity index (χ4n) is 2.71. The van der Waals surface area contributed by atoms with Crippen molar-refractivity contribution in [3.8, 4) is 5.75 Å². The number of hydrogen-bond donors (Lipinski definition) is 2. The smallest absolute Gasteiger partial charge is 0.261 e. The van der Waals surface area contributed by atoms with Crippen molar-refractivity contribution in [2.45, 2.75) is 18.7 Å². The fourth-order valence-corrected chi connectivity index (χ4v) is 3.77. The zero-order valence-corrected chi connectivity index (χ0v) is 17.0. The van der Waals surface area contributed by atoms with Crippen molar-refractivity contribution in [3.05, 3.63) is 83.9 Å². The van der Waals surface area contributed by atoms with Crippen molar-refractivity contribution in [1.29, 1.82) is 0 Å².